The Bertz CT molecular complexity index is 1200. The fourth-order valence-corrected chi connectivity index (χ4v) is 2.85. The van der Waals surface area contributed by atoms with Crippen molar-refractivity contribution < 1.29 is 22.7 Å². The van der Waals surface area contributed by atoms with Gasteiger partial charge in [0.1, 0.15) is 10.8 Å². The van der Waals surface area contributed by atoms with Gasteiger partial charge in [-0.15, -0.1) is 0 Å². The molecule has 2 aromatic heterocycles. The van der Waals surface area contributed by atoms with E-state index in [2.05, 4.69) is 20.7 Å². The molecule has 2 N–H and O–H groups in total. The zero-order chi connectivity index (χ0) is 21.5. The molecule has 0 atom stereocenters. The largest absolute Gasteiger partial charge is 0.482 e. The number of hydrogen-bond acceptors (Lipinski definition) is 6. The van der Waals surface area contributed by atoms with Crippen molar-refractivity contribution >= 4 is 34.6 Å². The average molecular weight is 438 g/mol. The van der Waals surface area contributed by atoms with Crippen molar-refractivity contribution in [2.24, 2.45) is 0 Å². The molecule has 1 aliphatic rings. The van der Waals surface area contributed by atoms with Gasteiger partial charge >= 0.3 is 6.18 Å². The van der Waals surface area contributed by atoms with E-state index in [1.165, 1.54) is 6.20 Å². The van der Waals surface area contributed by atoms with E-state index in [0.717, 1.165) is 16.8 Å². The third kappa shape index (κ3) is 3.79. The molecule has 0 spiro atoms. The lowest BCUT2D eigenvalue weighted by atomic mass is 10.2. The molecule has 1 amide bonds. The number of halogens is 4. The highest BCUT2D eigenvalue weighted by molar-refractivity contribution is 6.33. The summed E-state index contributed by atoms with van der Waals surface area (Å²) in [5.74, 6) is 0.0780. The Morgan fingerprint density at radius 1 is 1.17 bits per heavy atom. The first-order valence-corrected chi connectivity index (χ1v) is 8.75. The number of fused-ring (bicyclic) bond motifs is 1. The molecule has 0 saturated heterocycles. The maximum atomic E-state index is 12.7. The van der Waals surface area contributed by atoms with Crippen molar-refractivity contribution in [2.45, 2.75) is 6.18 Å². The summed E-state index contributed by atoms with van der Waals surface area (Å²) in [6.07, 6.45) is -2.71. The second-order valence-corrected chi connectivity index (χ2v) is 6.54. The molecule has 3 heterocycles. The first-order valence-electron chi connectivity index (χ1n) is 8.37. The molecule has 12 heteroatoms. The van der Waals surface area contributed by atoms with Crippen molar-refractivity contribution in [1.82, 2.24) is 14.8 Å². The SMILES string of the molecule is O=C1COc2ccc(Nc3cnn(-c4ccc(C(F)(F)F)cn4)c(=O)c3Cl)cc2N1. The zero-order valence-corrected chi connectivity index (χ0v) is 15.6. The second kappa shape index (κ2) is 7.34. The van der Waals surface area contributed by atoms with Crippen LogP contribution in [0.15, 0.2) is 47.5 Å². The number of ether oxygens (including phenoxy) is 1. The summed E-state index contributed by atoms with van der Waals surface area (Å²) in [5.41, 5.74) is -0.626. The van der Waals surface area contributed by atoms with Crippen LogP contribution < -0.4 is 20.9 Å². The molecule has 1 aromatic carbocycles. The van der Waals surface area contributed by atoms with Crippen LogP contribution in [0.1, 0.15) is 5.56 Å². The Labute approximate surface area is 171 Å². The van der Waals surface area contributed by atoms with Crippen LogP contribution in [-0.2, 0) is 11.0 Å². The summed E-state index contributed by atoms with van der Waals surface area (Å²) in [6, 6.07) is 6.68. The van der Waals surface area contributed by atoms with Crippen LogP contribution >= 0.6 is 11.6 Å². The fourth-order valence-electron chi connectivity index (χ4n) is 2.68. The second-order valence-electron chi connectivity index (χ2n) is 6.16. The zero-order valence-electron chi connectivity index (χ0n) is 14.8. The van der Waals surface area contributed by atoms with Crippen molar-refractivity contribution in [3.05, 3.63) is 63.7 Å². The number of alkyl halides is 3. The molecule has 1 aliphatic heterocycles. The number of nitrogens with zero attached hydrogens (tertiary/aromatic N) is 3. The summed E-state index contributed by atoms with van der Waals surface area (Å²) < 4.78 is 44.1. The molecular formula is C18H11ClF3N5O3. The van der Waals surface area contributed by atoms with Gasteiger partial charge in [-0.3, -0.25) is 9.59 Å². The van der Waals surface area contributed by atoms with Gasteiger partial charge in [-0.05, 0) is 30.3 Å². The smallest absolute Gasteiger partial charge is 0.417 e. The number of hydrogen-bond donors (Lipinski definition) is 2. The van der Waals surface area contributed by atoms with Crippen LogP contribution in [0, 0.1) is 0 Å². The van der Waals surface area contributed by atoms with Crippen molar-refractivity contribution in [3.8, 4) is 11.6 Å². The Hall–Kier alpha value is -3.60. The van der Waals surface area contributed by atoms with Gasteiger partial charge in [-0.25, -0.2) is 4.98 Å². The summed E-state index contributed by atoms with van der Waals surface area (Å²) in [7, 11) is 0. The molecule has 0 fully saturated rings. The molecule has 0 radical (unpaired) electrons. The van der Waals surface area contributed by atoms with Gasteiger partial charge in [-0.2, -0.15) is 23.0 Å². The van der Waals surface area contributed by atoms with Crippen LogP contribution in [0.2, 0.25) is 5.02 Å². The lowest BCUT2D eigenvalue weighted by molar-refractivity contribution is -0.137. The maximum absolute atomic E-state index is 12.7. The predicted molar refractivity (Wildman–Crippen MR) is 101 cm³/mol. The van der Waals surface area contributed by atoms with Crippen LogP contribution in [0.5, 0.6) is 5.75 Å². The van der Waals surface area contributed by atoms with Gasteiger partial charge in [0.15, 0.2) is 12.4 Å². The quantitative estimate of drug-likeness (QED) is 0.652. The van der Waals surface area contributed by atoms with Gasteiger partial charge in [0.25, 0.3) is 11.5 Å². The van der Waals surface area contributed by atoms with Crippen molar-refractivity contribution in [1.29, 1.82) is 0 Å². The van der Waals surface area contributed by atoms with Gasteiger partial charge in [0.2, 0.25) is 0 Å². The summed E-state index contributed by atoms with van der Waals surface area (Å²) in [6.45, 7) is -0.0776. The fraction of sp³-hybridized carbons (Fsp3) is 0.111. The minimum Gasteiger partial charge on any atom is -0.482 e. The van der Waals surface area contributed by atoms with Crippen LogP contribution in [0.4, 0.5) is 30.2 Å². The minimum absolute atomic E-state index is 0.0776. The normalized spacial score (nSPS) is 13.3. The van der Waals surface area contributed by atoms with E-state index in [9.17, 15) is 22.8 Å². The molecule has 0 saturated carbocycles. The highest BCUT2D eigenvalue weighted by Crippen LogP contribution is 2.32. The lowest BCUT2D eigenvalue weighted by Crippen LogP contribution is -2.25. The summed E-state index contributed by atoms with van der Waals surface area (Å²) >= 11 is 6.13. The molecule has 8 nitrogen and oxygen atoms in total. The third-order valence-electron chi connectivity index (χ3n) is 4.10. The number of amides is 1. The maximum Gasteiger partial charge on any atom is 0.417 e. The molecule has 3 aromatic rings. The average Bonchev–Trinajstić information content (AvgIpc) is 2.71. The number of nitrogens with one attached hydrogen (secondary N) is 2. The minimum atomic E-state index is -4.55. The third-order valence-corrected chi connectivity index (χ3v) is 4.47. The van der Waals surface area contributed by atoms with Gasteiger partial charge < -0.3 is 15.4 Å². The lowest BCUT2D eigenvalue weighted by Gasteiger charge is -2.19. The molecular weight excluding hydrogens is 427 g/mol. The van der Waals surface area contributed by atoms with E-state index in [4.69, 9.17) is 16.3 Å². The molecule has 30 heavy (non-hydrogen) atoms. The number of carbonyl (C=O) groups excluding carboxylic acids is 1. The number of rotatable bonds is 3. The molecule has 0 bridgehead atoms. The van der Waals surface area contributed by atoms with Gasteiger partial charge in [-0.1, -0.05) is 11.6 Å². The molecule has 0 unspecified atom stereocenters. The standard InChI is InChI=1S/C18H11ClF3N5O3/c19-16-12(25-10-2-3-13-11(5-10)26-15(28)8-30-13)7-24-27(17(16)29)14-4-1-9(6-23-14)18(20,21)22/h1-7,25H,8H2,(H,26,28). The summed E-state index contributed by atoms with van der Waals surface area (Å²) in [4.78, 5) is 27.6. The Balaban J connectivity index is 1.61. The first kappa shape index (κ1) is 19.7. The molecule has 0 aliphatic carbocycles. The highest BCUT2D eigenvalue weighted by Gasteiger charge is 2.30. The monoisotopic (exact) mass is 437 g/mol. The number of pyridine rings is 1. The number of aromatic nitrogens is 3. The van der Waals surface area contributed by atoms with Crippen LogP contribution in [0.3, 0.4) is 0 Å². The van der Waals surface area contributed by atoms with E-state index in [1.54, 1.807) is 18.2 Å². The van der Waals surface area contributed by atoms with Gasteiger partial charge in [0.05, 0.1) is 23.1 Å². The van der Waals surface area contributed by atoms with Gasteiger partial charge in [0, 0.05) is 11.9 Å². The van der Waals surface area contributed by atoms with Crippen molar-refractivity contribution in [2.75, 3.05) is 17.2 Å². The predicted octanol–water partition coefficient (Wildman–Crippen LogP) is 3.37. The molecule has 154 valence electrons. The Morgan fingerprint density at radius 2 is 1.97 bits per heavy atom. The Morgan fingerprint density at radius 3 is 2.67 bits per heavy atom. The number of carbonyl (C=O) groups is 1. The summed E-state index contributed by atoms with van der Waals surface area (Å²) in [5, 5.41) is 9.22. The van der Waals surface area contributed by atoms with E-state index < -0.39 is 17.3 Å². The van der Waals surface area contributed by atoms with E-state index in [-0.39, 0.29) is 29.0 Å². The highest BCUT2D eigenvalue weighted by atomic mass is 35.5. The first-order chi connectivity index (χ1) is 14.2. The van der Waals surface area contributed by atoms with Crippen LogP contribution in [0.25, 0.3) is 5.82 Å². The van der Waals surface area contributed by atoms with E-state index in [0.29, 0.717) is 23.3 Å². The Kier molecular flexibility index (Phi) is 4.82. The topological polar surface area (TPSA) is 98.1 Å². The number of benzene rings is 1. The van der Waals surface area contributed by atoms with Crippen molar-refractivity contribution in [3.63, 3.8) is 0 Å². The van der Waals surface area contributed by atoms with E-state index >= 15 is 0 Å². The van der Waals surface area contributed by atoms with E-state index in [1.807, 2.05) is 0 Å². The molecule has 4 rings (SSSR count). The number of anilines is 3. The van der Waals surface area contributed by atoms with Crippen LogP contribution in [-0.4, -0.2) is 27.3 Å².